The van der Waals surface area contributed by atoms with Crippen molar-refractivity contribution in [3.05, 3.63) is 29.8 Å². The van der Waals surface area contributed by atoms with Gasteiger partial charge in [0.1, 0.15) is 11.2 Å². The Bertz CT molecular complexity index is 674. The normalized spacial score (nSPS) is 29.0. The van der Waals surface area contributed by atoms with Gasteiger partial charge in [-0.05, 0) is 36.3 Å². The number of Topliss-reactive ketones (excluding diaryl/α,β-unsaturated/α-hetero) is 1. The quantitative estimate of drug-likeness (QED) is 0.395. The van der Waals surface area contributed by atoms with Gasteiger partial charge in [0.2, 0.25) is 0 Å². The van der Waals surface area contributed by atoms with Gasteiger partial charge < -0.3 is 0 Å². The second-order valence-electron chi connectivity index (χ2n) is 6.76. The standard InChI is InChI=1S/C16H18F2N2O2/c1-15(2)9-5-6-16(15,13(21)7-9)14(22)20(19)10-3-4-11(17)12(18)8-10/h3-4,8-9H,5-7,19H2,1-2H3. The smallest absolute Gasteiger partial charge is 0.255 e. The van der Waals surface area contributed by atoms with E-state index >= 15 is 0 Å². The van der Waals surface area contributed by atoms with Crippen LogP contribution in [0.15, 0.2) is 18.2 Å². The third-order valence-electron chi connectivity index (χ3n) is 5.66. The van der Waals surface area contributed by atoms with E-state index in [-0.39, 0.29) is 17.4 Å². The molecule has 2 saturated carbocycles. The molecule has 3 rings (SSSR count). The molecule has 2 N–H and O–H groups in total. The van der Waals surface area contributed by atoms with Crippen molar-refractivity contribution in [2.24, 2.45) is 22.6 Å². The maximum absolute atomic E-state index is 13.4. The van der Waals surface area contributed by atoms with Crippen LogP contribution in [0.5, 0.6) is 0 Å². The van der Waals surface area contributed by atoms with Gasteiger partial charge >= 0.3 is 0 Å². The lowest BCUT2D eigenvalue weighted by Gasteiger charge is -2.37. The summed E-state index contributed by atoms with van der Waals surface area (Å²) >= 11 is 0. The molecular weight excluding hydrogens is 290 g/mol. The van der Waals surface area contributed by atoms with E-state index in [0.29, 0.717) is 12.8 Å². The molecule has 0 saturated heterocycles. The summed E-state index contributed by atoms with van der Waals surface area (Å²) < 4.78 is 26.4. The number of carbonyl (C=O) groups is 2. The highest BCUT2D eigenvalue weighted by Crippen LogP contribution is 2.64. The molecular formula is C16H18F2N2O2. The van der Waals surface area contributed by atoms with Crippen LogP contribution >= 0.6 is 0 Å². The van der Waals surface area contributed by atoms with E-state index in [1.807, 2.05) is 13.8 Å². The van der Waals surface area contributed by atoms with E-state index in [4.69, 9.17) is 5.84 Å². The first-order valence-electron chi connectivity index (χ1n) is 7.29. The van der Waals surface area contributed by atoms with Gasteiger partial charge in [0, 0.05) is 12.5 Å². The lowest BCUT2D eigenvalue weighted by atomic mass is 9.68. The van der Waals surface area contributed by atoms with Crippen molar-refractivity contribution < 1.29 is 18.4 Å². The van der Waals surface area contributed by atoms with E-state index in [9.17, 15) is 18.4 Å². The summed E-state index contributed by atoms with van der Waals surface area (Å²) in [6.45, 7) is 3.82. The first kappa shape index (κ1) is 15.1. The molecule has 2 atom stereocenters. The third kappa shape index (κ3) is 1.70. The van der Waals surface area contributed by atoms with E-state index in [1.165, 1.54) is 6.07 Å². The molecule has 118 valence electrons. The Kier molecular flexibility index (Phi) is 3.15. The molecule has 1 aromatic carbocycles. The monoisotopic (exact) mass is 308 g/mol. The highest BCUT2D eigenvalue weighted by molar-refractivity contribution is 6.14. The maximum atomic E-state index is 13.4. The average molecular weight is 308 g/mol. The molecule has 0 radical (unpaired) electrons. The van der Waals surface area contributed by atoms with Gasteiger partial charge in [-0.15, -0.1) is 0 Å². The average Bonchev–Trinajstić information content (AvgIpc) is 2.83. The largest absolute Gasteiger partial charge is 0.298 e. The summed E-state index contributed by atoms with van der Waals surface area (Å²) in [5.41, 5.74) is -1.59. The van der Waals surface area contributed by atoms with Crippen molar-refractivity contribution in [3.63, 3.8) is 0 Å². The summed E-state index contributed by atoms with van der Waals surface area (Å²) in [6, 6.07) is 3.00. The number of rotatable bonds is 2. The Morgan fingerprint density at radius 2 is 2.00 bits per heavy atom. The van der Waals surface area contributed by atoms with Crippen LogP contribution in [0.1, 0.15) is 33.1 Å². The molecule has 6 heteroatoms. The number of ketones is 1. The predicted molar refractivity (Wildman–Crippen MR) is 76.6 cm³/mol. The number of hydrogen-bond donors (Lipinski definition) is 1. The van der Waals surface area contributed by atoms with Gasteiger partial charge in [-0.1, -0.05) is 13.8 Å². The Morgan fingerprint density at radius 1 is 1.32 bits per heavy atom. The number of halogens is 2. The number of fused-ring (bicyclic) bond motifs is 2. The van der Waals surface area contributed by atoms with Crippen LogP contribution in [0.3, 0.4) is 0 Å². The van der Waals surface area contributed by atoms with Gasteiger partial charge in [-0.3, -0.25) is 9.59 Å². The third-order valence-corrected chi connectivity index (χ3v) is 5.66. The fourth-order valence-corrected chi connectivity index (χ4v) is 4.14. The van der Waals surface area contributed by atoms with Gasteiger partial charge in [-0.25, -0.2) is 19.6 Å². The number of hydrogen-bond acceptors (Lipinski definition) is 3. The van der Waals surface area contributed by atoms with Crippen LogP contribution in [0, 0.1) is 28.4 Å². The van der Waals surface area contributed by atoms with Crippen LogP contribution in [-0.2, 0) is 9.59 Å². The van der Waals surface area contributed by atoms with Crippen molar-refractivity contribution in [1.82, 2.24) is 0 Å². The molecule has 1 aromatic rings. The molecule has 22 heavy (non-hydrogen) atoms. The highest BCUT2D eigenvalue weighted by atomic mass is 19.2. The van der Waals surface area contributed by atoms with Crippen molar-refractivity contribution in [1.29, 1.82) is 0 Å². The van der Waals surface area contributed by atoms with E-state index in [0.717, 1.165) is 23.6 Å². The van der Waals surface area contributed by atoms with Crippen molar-refractivity contribution >= 4 is 17.4 Å². The van der Waals surface area contributed by atoms with Crippen LogP contribution in [0.25, 0.3) is 0 Å². The second kappa shape index (κ2) is 4.59. The van der Waals surface area contributed by atoms with E-state index < -0.39 is 28.4 Å². The molecule has 1 amide bonds. The number of hydrazine groups is 1. The van der Waals surface area contributed by atoms with Gasteiger partial charge in [0.15, 0.2) is 11.6 Å². The first-order chi connectivity index (χ1) is 10.2. The number of carbonyl (C=O) groups excluding carboxylic acids is 2. The van der Waals surface area contributed by atoms with Crippen LogP contribution in [0.4, 0.5) is 14.5 Å². The van der Waals surface area contributed by atoms with Gasteiger partial charge in [-0.2, -0.15) is 0 Å². The fourth-order valence-electron chi connectivity index (χ4n) is 4.14. The minimum Gasteiger partial charge on any atom is -0.298 e. The molecule has 2 aliphatic rings. The second-order valence-corrected chi connectivity index (χ2v) is 6.76. The van der Waals surface area contributed by atoms with Crippen molar-refractivity contribution in [2.45, 2.75) is 33.1 Å². The Labute approximate surface area is 127 Å². The summed E-state index contributed by atoms with van der Waals surface area (Å²) in [5.74, 6) is 3.28. The zero-order chi connectivity index (χ0) is 16.3. The fraction of sp³-hybridized carbons (Fsp3) is 0.500. The van der Waals surface area contributed by atoms with Crippen LogP contribution < -0.4 is 10.9 Å². The predicted octanol–water partition coefficient (Wildman–Crippen LogP) is 2.57. The summed E-state index contributed by atoms with van der Waals surface area (Å²) in [5, 5.41) is 0.788. The molecule has 2 fully saturated rings. The summed E-state index contributed by atoms with van der Waals surface area (Å²) in [7, 11) is 0. The lowest BCUT2D eigenvalue weighted by Crippen LogP contribution is -2.54. The van der Waals surface area contributed by atoms with Gasteiger partial charge in [0.25, 0.3) is 5.91 Å². The Balaban J connectivity index is 1.99. The van der Waals surface area contributed by atoms with E-state index in [2.05, 4.69) is 0 Å². The number of amides is 1. The van der Waals surface area contributed by atoms with Crippen molar-refractivity contribution in [2.75, 3.05) is 5.01 Å². The van der Waals surface area contributed by atoms with Gasteiger partial charge in [0.05, 0.1) is 5.69 Å². The van der Waals surface area contributed by atoms with E-state index in [1.54, 1.807) is 0 Å². The van der Waals surface area contributed by atoms with Crippen molar-refractivity contribution in [3.8, 4) is 0 Å². The number of benzene rings is 1. The molecule has 4 nitrogen and oxygen atoms in total. The molecule has 0 aliphatic heterocycles. The SMILES string of the molecule is CC1(C)C2CCC1(C(=O)N(N)c1ccc(F)c(F)c1)C(=O)C2. The number of nitrogens with two attached hydrogens (primary N) is 1. The zero-order valence-corrected chi connectivity index (χ0v) is 12.5. The minimum absolute atomic E-state index is 0.0391. The first-order valence-corrected chi connectivity index (χ1v) is 7.29. The molecule has 0 spiro atoms. The summed E-state index contributed by atoms with van der Waals surface area (Å²) in [6.07, 6.45) is 1.64. The molecule has 0 heterocycles. The molecule has 0 aromatic heterocycles. The topological polar surface area (TPSA) is 63.4 Å². The van der Waals surface area contributed by atoms with Crippen LogP contribution in [0.2, 0.25) is 0 Å². The maximum Gasteiger partial charge on any atom is 0.255 e. The molecule has 2 aliphatic carbocycles. The molecule has 2 bridgehead atoms. The Hall–Kier alpha value is -1.82. The number of anilines is 1. The minimum atomic E-state index is -1.16. The Morgan fingerprint density at radius 3 is 2.50 bits per heavy atom. The number of nitrogens with zero attached hydrogens (tertiary/aromatic N) is 1. The summed E-state index contributed by atoms with van der Waals surface area (Å²) in [4.78, 5) is 25.3. The lowest BCUT2D eigenvalue weighted by molar-refractivity contribution is -0.143. The molecule has 2 unspecified atom stereocenters. The van der Waals surface area contributed by atoms with Crippen LogP contribution in [-0.4, -0.2) is 11.7 Å². The highest BCUT2D eigenvalue weighted by Gasteiger charge is 2.68. The zero-order valence-electron chi connectivity index (χ0n) is 12.5.